The van der Waals surface area contributed by atoms with Gasteiger partial charge < -0.3 is 4.74 Å². The fourth-order valence-electron chi connectivity index (χ4n) is 4.29. The van der Waals surface area contributed by atoms with E-state index in [9.17, 15) is 23.2 Å². The van der Waals surface area contributed by atoms with Crippen LogP contribution in [0.2, 0.25) is 5.02 Å². The van der Waals surface area contributed by atoms with Crippen LogP contribution in [0.3, 0.4) is 0 Å². The van der Waals surface area contributed by atoms with E-state index in [4.69, 9.17) is 16.3 Å². The molecular formula is C25H21ClN4O6S. The van der Waals surface area contributed by atoms with E-state index < -0.39 is 27.5 Å². The van der Waals surface area contributed by atoms with Gasteiger partial charge in [0.25, 0.3) is 11.5 Å². The number of rotatable bonds is 6. The first-order chi connectivity index (χ1) is 17.8. The fourth-order valence-corrected chi connectivity index (χ4v) is 6.07. The maximum atomic E-state index is 13.6. The van der Waals surface area contributed by atoms with Crippen LogP contribution in [0.25, 0.3) is 5.69 Å². The van der Waals surface area contributed by atoms with Crippen molar-refractivity contribution >= 4 is 27.5 Å². The van der Waals surface area contributed by atoms with Gasteiger partial charge in [0.15, 0.2) is 0 Å². The molecule has 37 heavy (non-hydrogen) atoms. The molecule has 190 valence electrons. The molecule has 0 spiro atoms. The molecule has 3 aromatic carbocycles. The van der Waals surface area contributed by atoms with Crippen molar-refractivity contribution in [2.45, 2.75) is 17.4 Å². The number of carbonyl (C=O) groups excluding carboxylic acids is 1. The summed E-state index contributed by atoms with van der Waals surface area (Å²) in [6, 6.07) is 19.7. The highest BCUT2D eigenvalue weighted by molar-refractivity contribution is 7.89. The Morgan fingerprint density at radius 2 is 1.65 bits per heavy atom. The molecule has 3 N–H and O–H groups in total. The summed E-state index contributed by atoms with van der Waals surface area (Å²) in [6.45, 7) is -0.113. The molecule has 1 amide bonds. The molecule has 1 aromatic heterocycles. The third-order valence-electron chi connectivity index (χ3n) is 6.01. The van der Waals surface area contributed by atoms with Crippen molar-refractivity contribution in [3.8, 4) is 17.2 Å². The number of hydrogen-bond acceptors (Lipinski definition) is 6. The molecule has 1 unspecified atom stereocenters. The third-order valence-corrected chi connectivity index (χ3v) is 8.21. The topological polar surface area (TPSA) is 134 Å². The quantitative estimate of drug-likeness (QED) is 0.253. The molecule has 0 bridgehead atoms. The number of hydroxylamine groups is 1. The van der Waals surface area contributed by atoms with Crippen LogP contribution in [0.5, 0.6) is 11.5 Å². The number of nitrogens with one attached hydrogen (secondary N) is 2. The van der Waals surface area contributed by atoms with E-state index in [0.717, 1.165) is 8.99 Å². The number of carbonyl (C=O) groups is 1. The van der Waals surface area contributed by atoms with Crippen LogP contribution in [0, 0.1) is 0 Å². The number of halogens is 1. The molecule has 2 heterocycles. The Bertz CT molecular complexity index is 1620. The van der Waals surface area contributed by atoms with E-state index >= 15 is 0 Å². The van der Waals surface area contributed by atoms with Crippen LogP contribution in [-0.4, -0.2) is 40.2 Å². The molecule has 5 rings (SSSR count). The predicted molar refractivity (Wildman–Crippen MR) is 135 cm³/mol. The van der Waals surface area contributed by atoms with Gasteiger partial charge in [-0.15, -0.1) is 0 Å². The zero-order chi connectivity index (χ0) is 26.2. The number of ether oxygens (including phenoxy) is 1. The lowest BCUT2D eigenvalue weighted by atomic mass is 10.0. The first-order valence-corrected chi connectivity index (χ1v) is 13.0. The molecule has 10 nitrogen and oxygen atoms in total. The molecule has 0 saturated heterocycles. The van der Waals surface area contributed by atoms with E-state index in [0.29, 0.717) is 22.9 Å². The first kappa shape index (κ1) is 24.8. The number of fused-ring (bicyclic) bond motifs is 1. The van der Waals surface area contributed by atoms with Gasteiger partial charge in [0.2, 0.25) is 10.0 Å². The molecular weight excluding hydrogens is 520 g/mol. The number of sulfonamides is 1. The van der Waals surface area contributed by atoms with Crippen LogP contribution in [-0.2, 0) is 21.2 Å². The van der Waals surface area contributed by atoms with E-state index in [1.54, 1.807) is 36.4 Å². The zero-order valence-corrected chi connectivity index (χ0v) is 20.7. The van der Waals surface area contributed by atoms with Crippen LogP contribution < -0.4 is 15.8 Å². The third kappa shape index (κ3) is 4.53. The lowest BCUT2D eigenvalue weighted by molar-refractivity contribution is -0.133. The van der Waals surface area contributed by atoms with Crippen molar-refractivity contribution in [2.75, 3.05) is 6.54 Å². The summed E-state index contributed by atoms with van der Waals surface area (Å²) in [5.74, 6) is -0.0523. The van der Waals surface area contributed by atoms with Gasteiger partial charge >= 0.3 is 0 Å². The second-order valence-electron chi connectivity index (χ2n) is 8.23. The second kappa shape index (κ2) is 9.87. The van der Waals surface area contributed by atoms with Crippen LogP contribution in [0.4, 0.5) is 0 Å². The Morgan fingerprint density at radius 3 is 2.32 bits per heavy atom. The lowest BCUT2D eigenvalue weighted by Crippen LogP contribution is -2.48. The van der Waals surface area contributed by atoms with Crippen molar-refractivity contribution in [1.82, 2.24) is 19.6 Å². The minimum absolute atomic E-state index is 0.0923. The summed E-state index contributed by atoms with van der Waals surface area (Å²) in [4.78, 5) is 26.1. The number of aromatic amines is 1. The van der Waals surface area contributed by atoms with E-state index in [2.05, 4.69) is 5.10 Å². The Kier molecular flexibility index (Phi) is 6.61. The molecule has 0 radical (unpaired) electrons. The van der Waals surface area contributed by atoms with Gasteiger partial charge in [-0.05, 0) is 48.5 Å². The highest BCUT2D eigenvalue weighted by Gasteiger charge is 2.44. The Morgan fingerprint density at radius 1 is 1.00 bits per heavy atom. The van der Waals surface area contributed by atoms with E-state index in [-0.39, 0.29) is 28.4 Å². The zero-order valence-electron chi connectivity index (χ0n) is 19.2. The summed E-state index contributed by atoms with van der Waals surface area (Å²) in [6.07, 6.45) is 0.131. The van der Waals surface area contributed by atoms with Gasteiger partial charge in [-0.1, -0.05) is 41.9 Å². The molecule has 12 heteroatoms. The van der Waals surface area contributed by atoms with Gasteiger partial charge in [0.05, 0.1) is 21.2 Å². The van der Waals surface area contributed by atoms with Crippen LogP contribution >= 0.6 is 11.6 Å². The highest BCUT2D eigenvalue weighted by atomic mass is 35.5. The number of amides is 1. The standard InChI is InChI=1S/C25H21ClN4O6S/c26-19-8-4-5-9-21(19)30-25(32)22-20(27-30)14-15-29(23(22)24(31)28-33)37(34,35)18-12-10-17(11-13-18)36-16-6-2-1-3-7-16/h1-13,23,27,33H,14-15H2,(H,28,31). The van der Waals surface area contributed by atoms with Gasteiger partial charge in [-0.3, -0.25) is 19.9 Å². The average molecular weight is 541 g/mol. The van der Waals surface area contributed by atoms with Crippen LogP contribution in [0.1, 0.15) is 17.3 Å². The summed E-state index contributed by atoms with van der Waals surface area (Å²) >= 11 is 6.25. The Hall–Kier alpha value is -3.90. The van der Waals surface area contributed by atoms with Crippen molar-refractivity contribution in [3.05, 3.63) is 105 Å². The monoisotopic (exact) mass is 540 g/mol. The van der Waals surface area contributed by atoms with Gasteiger partial charge in [0.1, 0.15) is 17.5 Å². The minimum atomic E-state index is -4.26. The van der Waals surface area contributed by atoms with Crippen molar-refractivity contribution in [3.63, 3.8) is 0 Å². The number of hydrogen-bond donors (Lipinski definition) is 3. The van der Waals surface area contributed by atoms with Gasteiger partial charge in [0, 0.05) is 18.7 Å². The number of H-pyrrole nitrogens is 1. The van der Waals surface area contributed by atoms with Gasteiger partial charge in [-0.25, -0.2) is 18.6 Å². The van der Waals surface area contributed by atoms with Gasteiger partial charge in [-0.2, -0.15) is 4.31 Å². The van der Waals surface area contributed by atoms with E-state index in [1.165, 1.54) is 29.7 Å². The molecule has 4 aromatic rings. The highest BCUT2D eigenvalue weighted by Crippen LogP contribution is 2.34. The predicted octanol–water partition coefficient (Wildman–Crippen LogP) is 3.40. The summed E-state index contributed by atoms with van der Waals surface area (Å²) in [5.41, 5.74) is 1.47. The molecule has 0 fully saturated rings. The molecule has 0 aliphatic carbocycles. The first-order valence-electron chi connectivity index (χ1n) is 11.2. The number of para-hydroxylation sites is 2. The smallest absolute Gasteiger partial charge is 0.276 e. The number of benzene rings is 3. The van der Waals surface area contributed by atoms with E-state index in [1.807, 2.05) is 18.2 Å². The molecule has 1 atom stereocenters. The Balaban J connectivity index is 1.52. The molecule has 1 aliphatic heterocycles. The molecule has 0 saturated carbocycles. The fraction of sp³-hybridized carbons (Fsp3) is 0.120. The van der Waals surface area contributed by atoms with Crippen molar-refractivity contribution in [1.29, 1.82) is 0 Å². The Labute approximate surface area is 216 Å². The maximum Gasteiger partial charge on any atom is 0.276 e. The average Bonchev–Trinajstić information content (AvgIpc) is 3.25. The maximum absolute atomic E-state index is 13.6. The minimum Gasteiger partial charge on any atom is -0.457 e. The van der Waals surface area contributed by atoms with Crippen molar-refractivity contribution < 1.29 is 23.2 Å². The molecule has 1 aliphatic rings. The SMILES string of the molecule is O=C(NO)C1c2c([nH]n(-c3ccccc3Cl)c2=O)CCN1S(=O)(=O)c1ccc(Oc2ccccc2)cc1. The summed E-state index contributed by atoms with van der Waals surface area (Å²) in [5, 5.41) is 12.6. The normalized spacial score (nSPS) is 15.7. The van der Waals surface area contributed by atoms with Crippen molar-refractivity contribution in [2.24, 2.45) is 0 Å². The number of nitrogens with zero attached hydrogens (tertiary/aromatic N) is 2. The largest absolute Gasteiger partial charge is 0.457 e. The summed E-state index contributed by atoms with van der Waals surface area (Å²) in [7, 11) is -4.26. The summed E-state index contributed by atoms with van der Waals surface area (Å²) < 4.78 is 35.0. The lowest BCUT2D eigenvalue weighted by Gasteiger charge is -2.32. The second-order valence-corrected chi connectivity index (χ2v) is 10.5. The number of aromatic nitrogens is 2. The van der Waals surface area contributed by atoms with Crippen LogP contribution in [0.15, 0.2) is 88.6 Å².